The predicted molar refractivity (Wildman–Crippen MR) is 74.3 cm³/mol. The van der Waals surface area contributed by atoms with Crippen LogP contribution in [0.4, 0.5) is 0 Å². The summed E-state index contributed by atoms with van der Waals surface area (Å²) in [5.74, 6) is -0.546. The van der Waals surface area contributed by atoms with Gasteiger partial charge in [0, 0.05) is 24.3 Å². The number of hydrogen-bond acceptors (Lipinski definition) is 4. The molecule has 6 heteroatoms. The predicted octanol–water partition coefficient (Wildman–Crippen LogP) is 1.27. The number of ketones is 1. The molecule has 0 saturated carbocycles. The average Bonchev–Trinajstić information content (AvgIpc) is 2.80. The molecule has 5 nitrogen and oxygen atoms in total. The fourth-order valence-electron chi connectivity index (χ4n) is 1.46. The van der Waals surface area contributed by atoms with Crippen LogP contribution in [0.3, 0.4) is 0 Å². The molecule has 0 aliphatic carbocycles. The van der Waals surface area contributed by atoms with Crippen LogP contribution in [0.15, 0.2) is 12.1 Å². The molecule has 0 unspecified atom stereocenters. The molecule has 1 aromatic heterocycles. The third-order valence-electron chi connectivity index (χ3n) is 2.41. The molecule has 2 N–H and O–H groups in total. The minimum Gasteiger partial charge on any atom is -0.355 e. The van der Waals surface area contributed by atoms with Crippen LogP contribution in [0.5, 0.6) is 0 Å². The molecular formula is C13H18N2O3S. The molecule has 104 valence electrons. The zero-order valence-electron chi connectivity index (χ0n) is 11.1. The maximum Gasteiger partial charge on any atom is 0.239 e. The molecule has 1 heterocycles. The number of Topliss-reactive ketones (excluding diaryl/α,β-unsaturated/α-hetero) is 1. The summed E-state index contributed by atoms with van der Waals surface area (Å²) >= 11 is 1.43. The second-order valence-electron chi connectivity index (χ2n) is 4.06. The van der Waals surface area contributed by atoms with E-state index in [0.717, 1.165) is 4.88 Å². The molecule has 0 aromatic carbocycles. The van der Waals surface area contributed by atoms with Crippen molar-refractivity contribution in [2.24, 2.45) is 0 Å². The van der Waals surface area contributed by atoms with Crippen molar-refractivity contribution in [3.8, 4) is 0 Å². The summed E-state index contributed by atoms with van der Waals surface area (Å²) in [5, 5.41) is 5.05. The van der Waals surface area contributed by atoms with E-state index in [4.69, 9.17) is 0 Å². The van der Waals surface area contributed by atoms with E-state index in [9.17, 15) is 14.4 Å². The van der Waals surface area contributed by atoms with Gasteiger partial charge in [-0.05, 0) is 26.0 Å². The second-order valence-corrected chi connectivity index (χ2v) is 5.35. The molecule has 1 rings (SSSR count). The van der Waals surface area contributed by atoms with Gasteiger partial charge in [0.1, 0.15) is 0 Å². The molecular weight excluding hydrogens is 264 g/mol. The van der Waals surface area contributed by atoms with Gasteiger partial charge in [0.15, 0.2) is 5.78 Å². The fourth-order valence-corrected chi connectivity index (χ4v) is 2.30. The van der Waals surface area contributed by atoms with Crippen molar-refractivity contribution >= 4 is 28.9 Å². The Labute approximate surface area is 116 Å². The van der Waals surface area contributed by atoms with Gasteiger partial charge >= 0.3 is 0 Å². The zero-order valence-corrected chi connectivity index (χ0v) is 11.9. The van der Waals surface area contributed by atoms with Gasteiger partial charge in [0.05, 0.1) is 11.4 Å². The Morgan fingerprint density at radius 3 is 2.42 bits per heavy atom. The molecule has 19 heavy (non-hydrogen) atoms. The molecule has 2 amide bonds. The maximum atomic E-state index is 11.8. The number of nitrogens with one attached hydrogen (secondary N) is 2. The quantitative estimate of drug-likeness (QED) is 0.740. The van der Waals surface area contributed by atoms with Crippen LogP contribution in [-0.4, -0.2) is 30.7 Å². The lowest BCUT2D eigenvalue weighted by Crippen LogP contribution is -2.36. The van der Waals surface area contributed by atoms with Gasteiger partial charge in [-0.15, -0.1) is 11.3 Å². The summed E-state index contributed by atoms with van der Waals surface area (Å²) in [6, 6.07) is 3.65. The zero-order chi connectivity index (χ0) is 14.3. The van der Waals surface area contributed by atoms with Gasteiger partial charge < -0.3 is 10.6 Å². The smallest absolute Gasteiger partial charge is 0.239 e. The molecule has 0 saturated heterocycles. The van der Waals surface area contributed by atoms with Crippen LogP contribution in [0.25, 0.3) is 0 Å². The number of carbonyl (C=O) groups is 3. The minimum atomic E-state index is -0.284. The van der Waals surface area contributed by atoms with E-state index in [-0.39, 0.29) is 37.0 Å². The van der Waals surface area contributed by atoms with Gasteiger partial charge in [0.2, 0.25) is 11.8 Å². The Bertz CT molecular complexity index is 468. The SMILES string of the molecule is CCNC(=O)CNC(=O)CCC(=O)c1ccc(C)s1. The standard InChI is InChI=1S/C13H18N2O3S/c1-3-14-13(18)8-15-12(17)7-5-10(16)11-6-4-9(2)19-11/h4,6H,3,5,7-8H2,1-2H3,(H,14,18)(H,15,17). The minimum absolute atomic E-state index is 0.0359. The Kier molecular flexibility index (Phi) is 6.21. The van der Waals surface area contributed by atoms with Gasteiger partial charge in [-0.25, -0.2) is 0 Å². The highest BCUT2D eigenvalue weighted by atomic mass is 32.1. The van der Waals surface area contributed by atoms with Crippen LogP contribution in [0.2, 0.25) is 0 Å². The van der Waals surface area contributed by atoms with Crippen molar-refractivity contribution in [3.63, 3.8) is 0 Å². The van der Waals surface area contributed by atoms with E-state index in [0.29, 0.717) is 11.4 Å². The largest absolute Gasteiger partial charge is 0.355 e. The first-order valence-corrected chi connectivity index (χ1v) is 6.97. The first-order chi connectivity index (χ1) is 9.02. The molecule has 0 aliphatic heterocycles. The third kappa shape index (κ3) is 5.65. The number of carbonyl (C=O) groups excluding carboxylic acids is 3. The Hall–Kier alpha value is -1.69. The summed E-state index contributed by atoms with van der Waals surface area (Å²) in [4.78, 5) is 36.1. The van der Waals surface area contributed by atoms with E-state index < -0.39 is 0 Å². The Morgan fingerprint density at radius 1 is 1.11 bits per heavy atom. The lowest BCUT2D eigenvalue weighted by atomic mass is 10.2. The second kappa shape index (κ2) is 7.68. The summed E-state index contributed by atoms with van der Waals surface area (Å²) in [6.45, 7) is 4.23. The topological polar surface area (TPSA) is 75.3 Å². The van der Waals surface area contributed by atoms with Gasteiger partial charge in [0.25, 0.3) is 0 Å². The van der Waals surface area contributed by atoms with Gasteiger partial charge in [-0.2, -0.15) is 0 Å². The average molecular weight is 282 g/mol. The molecule has 0 radical (unpaired) electrons. The van der Waals surface area contributed by atoms with Crippen LogP contribution in [0, 0.1) is 6.92 Å². The third-order valence-corrected chi connectivity index (χ3v) is 3.46. The number of hydrogen-bond donors (Lipinski definition) is 2. The van der Waals surface area contributed by atoms with Crippen molar-refractivity contribution in [1.82, 2.24) is 10.6 Å². The van der Waals surface area contributed by atoms with Crippen molar-refractivity contribution in [1.29, 1.82) is 0 Å². The Morgan fingerprint density at radius 2 is 1.84 bits per heavy atom. The van der Waals surface area contributed by atoms with Crippen LogP contribution < -0.4 is 10.6 Å². The van der Waals surface area contributed by atoms with E-state index in [1.165, 1.54) is 11.3 Å². The summed E-state index contributed by atoms with van der Waals surface area (Å²) in [6.07, 6.45) is 0.274. The molecule has 1 aromatic rings. The van der Waals surface area contributed by atoms with Crippen molar-refractivity contribution < 1.29 is 14.4 Å². The molecule has 0 fully saturated rings. The van der Waals surface area contributed by atoms with Crippen molar-refractivity contribution in [2.45, 2.75) is 26.7 Å². The molecule has 0 bridgehead atoms. The maximum absolute atomic E-state index is 11.8. The summed E-state index contributed by atoms with van der Waals surface area (Å²) in [5.41, 5.74) is 0. The lowest BCUT2D eigenvalue weighted by Gasteiger charge is -2.04. The van der Waals surface area contributed by atoms with E-state index in [2.05, 4.69) is 10.6 Å². The Balaban J connectivity index is 2.26. The number of thiophene rings is 1. The van der Waals surface area contributed by atoms with Crippen LogP contribution in [0.1, 0.15) is 34.3 Å². The first kappa shape index (κ1) is 15.4. The van der Waals surface area contributed by atoms with Crippen molar-refractivity contribution in [3.05, 3.63) is 21.9 Å². The van der Waals surface area contributed by atoms with E-state index in [1.54, 1.807) is 13.0 Å². The molecule has 0 atom stereocenters. The number of likely N-dealkylation sites (N-methyl/N-ethyl adjacent to an activating group) is 1. The number of amides is 2. The van der Waals surface area contributed by atoms with Gasteiger partial charge in [-0.1, -0.05) is 0 Å². The van der Waals surface area contributed by atoms with Crippen LogP contribution >= 0.6 is 11.3 Å². The normalized spacial score (nSPS) is 10.0. The van der Waals surface area contributed by atoms with Crippen molar-refractivity contribution in [2.75, 3.05) is 13.1 Å². The molecule has 0 aliphatic rings. The lowest BCUT2D eigenvalue weighted by molar-refractivity contribution is -0.126. The summed E-state index contributed by atoms with van der Waals surface area (Å²) < 4.78 is 0. The monoisotopic (exact) mass is 282 g/mol. The highest BCUT2D eigenvalue weighted by Crippen LogP contribution is 2.17. The van der Waals surface area contributed by atoms with E-state index >= 15 is 0 Å². The number of aryl methyl sites for hydroxylation is 1. The summed E-state index contributed by atoms with van der Waals surface area (Å²) in [7, 11) is 0. The van der Waals surface area contributed by atoms with E-state index in [1.807, 2.05) is 13.0 Å². The van der Waals surface area contributed by atoms with Gasteiger partial charge in [-0.3, -0.25) is 14.4 Å². The first-order valence-electron chi connectivity index (χ1n) is 6.16. The van der Waals surface area contributed by atoms with Crippen LogP contribution in [-0.2, 0) is 9.59 Å². The molecule has 0 spiro atoms. The highest BCUT2D eigenvalue weighted by molar-refractivity contribution is 7.14. The fraction of sp³-hybridized carbons (Fsp3) is 0.462. The number of rotatable bonds is 7. The highest BCUT2D eigenvalue weighted by Gasteiger charge is 2.11.